The molecule has 4 rings (SSSR count). The Balaban J connectivity index is 1.53. The molecule has 3 aromatic rings. The van der Waals surface area contributed by atoms with Crippen molar-refractivity contribution in [3.8, 4) is 11.1 Å². The molecule has 0 saturated heterocycles. The Labute approximate surface area is 195 Å². The third-order valence-corrected chi connectivity index (χ3v) is 5.56. The normalized spacial score (nSPS) is 13.3. The van der Waals surface area contributed by atoms with Crippen LogP contribution in [0.25, 0.3) is 11.1 Å². The smallest absolute Gasteiger partial charge is 0.481 e. The summed E-state index contributed by atoms with van der Waals surface area (Å²) in [5.74, 6) is -1.31. The molecule has 1 heterocycles. The fourth-order valence-electron chi connectivity index (χ4n) is 3.89. The van der Waals surface area contributed by atoms with E-state index in [1.165, 1.54) is 11.1 Å². The number of hydrogen-bond acceptors (Lipinski definition) is 5. The fourth-order valence-corrected chi connectivity index (χ4v) is 4.14. The number of hydrogen-bond donors (Lipinski definition) is 1. The Bertz CT molecular complexity index is 1180. The number of carbonyl (C=O) groups is 2. The Morgan fingerprint density at radius 2 is 1.82 bits per heavy atom. The Morgan fingerprint density at radius 1 is 1.03 bits per heavy atom. The molecule has 1 aliphatic rings. The second-order valence-electron chi connectivity index (χ2n) is 7.70. The highest BCUT2D eigenvalue weighted by Crippen LogP contribution is 2.34. The van der Waals surface area contributed by atoms with Gasteiger partial charge in [0.25, 0.3) is 0 Å². The molecular weight excluding hydrogens is 449 g/mol. The van der Waals surface area contributed by atoms with Gasteiger partial charge in [0.15, 0.2) is 0 Å². The summed E-state index contributed by atoms with van der Waals surface area (Å²) in [6.45, 7) is 0.552. The average molecular weight is 470 g/mol. The number of aliphatic carboxylic acids is 1. The molecule has 1 N–H and O–H groups in total. The number of hydroxylamine groups is 2. The van der Waals surface area contributed by atoms with Crippen LogP contribution in [0.2, 0.25) is 5.02 Å². The van der Waals surface area contributed by atoms with Gasteiger partial charge in [-0.1, -0.05) is 54.1 Å². The molecule has 0 aromatic heterocycles. The molecule has 1 aliphatic heterocycles. The van der Waals surface area contributed by atoms with E-state index in [0.717, 1.165) is 5.56 Å². The molecule has 0 spiro atoms. The first-order chi connectivity index (χ1) is 15.9. The maximum absolute atomic E-state index is 14.5. The van der Waals surface area contributed by atoms with Gasteiger partial charge >= 0.3 is 12.1 Å². The molecule has 6 nitrogen and oxygen atoms in total. The number of fused-ring (bicyclic) bond motifs is 1. The standard InChI is InChI=1S/C25H21ClFNO5/c26-19-11-17(12-24(29)30)10-18(13-19)20-6-7-23(27)21-8-9-28(14-22(20)21)33-25(31)32-15-16-4-2-1-3-5-16/h1-7,10-11,13H,8-9,12,14-15H2,(H,29,30). The molecule has 0 amide bonds. The van der Waals surface area contributed by atoms with Crippen LogP contribution in [-0.2, 0) is 40.4 Å². The van der Waals surface area contributed by atoms with Crippen LogP contribution < -0.4 is 0 Å². The van der Waals surface area contributed by atoms with Crippen molar-refractivity contribution >= 4 is 23.7 Å². The predicted molar refractivity (Wildman–Crippen MR) is 120 cm³/mol. The quantitative estimate of drug-likeness (QED) is 0.487. The molecule has 170 valence electrons. The van der Waals surface area contributed by atoms with Crippen LogP contribution in [0.3, 0.4) is 0 Å². The van der Waals surface area contributed by atoms with Crippen molar-refractivity contribution in [2.75, 3.05) is 6.54 Å². The third kappa shape index (κ3) is 5.69. The van der Waals surface area contributed by atoms with Crippen molar-refractivity contribution in [1.29, 1.82) is 0 Å². The molecule has 0 aliphatic carbocycles. The zero-order valence-corrected chi connectivity index (χ0v) is 18.3. The number of benzene rings is 3. The zero-order valence-electron chi connectivity index (χ0n) is 17.6. The van der Waals surface area contributed by atoms with E-state index < -0.39 is 12.1 Å². The van der Waals surface area contributed by atoms with Crippen LogP contribution in [0.15, 0.2) is 60.7 Å². The minimum Gasteiger partial charge on any atom is -0.481 e. The number of halogens is 2. The highest BCUT2D eigenvalue weighted by molar-refractivity contribution is 6.31. The molecule has 0 fully saturated rings. The van der Waals surface area contributed by atoms with Crippen molar-refractivity contribution in [1.82, 2.24) is 5.06 Å². The van der Waals surface area contributed by atoms with Crippen LogP contribution in [0.1, 0.15) is 22.3 Å². The molecular formula is C25H21ClFNO5. The largest absolute Gasteiger partial charge is 0.528 e. The fraction of sp³-hybridized carbons (Fsp3) is 0.200. The van der Waals surface area contributed by atoms with Crippen LogP contribution in [0.5, 0.6) is 0 Å². The third-order valence-electron chi connectivity index (χ3n) is 5.35. The lowest BCUT2D eigenvalue weighted by Crippen LogP contribution is -2.34. The van der Waals surface area contributed by atoms with Crippen LogP contribution in [0.4, 0.5) is 9.18 Å². The number of rotatable bonds is 6. The predicted octanol–water partition coefficient (Wildman–Crippen LogP) is 5.40. The van der Waals surface area contributed by atoms with E-state index in [4.69, 9.17) is 26.3 Å². The summed E-state index contributed by atoms with van der Waals surface area (Å²) in [7, 11) is 0. The van der Waals surface area contributed by atoms with E-state index >= 15 is 0 Å². The molecule has 0 bridgehead atoms. The van der Waals surface area contributed by atoms with E-state index in [1.54, 1.807) is 24.3 Å². The summed E-state index contributed by atoms with van der Waals surface area (Å²) in [5, 5.41) is 10.9. The number of ether oxygens (including phenoxy) is 1. The van der Waals surface area contributed by atoms with E-state index in [9.17, 15) is 14.0 Å². The van der Waals surface area contributed by atoms with Crippen molar-refractivity contribution in [3.05, 3.63) is 93.8 Å². The summed E-state index contributed by atoms with van der Waals surface area (Å²) >= 11 is 6.22. The summed E-state index contributed by atoms with van der Waals surface area (Å²) in [6.07, 6.45) is -0.685. The van der Waals surface area contributed by atoms with Crippen molar-refractivity contribution < 1.29 is 28.7 Å². The van der Waals surface area contributed by atoms with E-state index in [2.05, 4.69) is 0 Å². The maximum atomic E-state index is 14.5. The topological polar surface area (TPSA) is 76.1 Å². The van der Waals surface area contributed by atoms with Crippen LogP contribution in [-0.4, -0.2) is 28.8 Å². The van der Waals surface area contributed by atoms with Crippen molar-refractivity contribution in [3.63, 3.8) is 0 Å². The summed E-state index contributed by atoms with van der Waals surface area (Å²) < 4.78 is 19.7. The van der Waals surface area contributed by atoms with Crippen molar-refractivity contribution in [2.24, 2.45) is 0 Å². The second kappa shape index (κ2) is 10.0. The van der Waals surface area contributed by atoms with Gasteiger partial charge in [-0.3, -0.25) is 4.79 Å². The highest BCUT2D eigenvalue weighted by Gasteiger charge is 2.26. The van der Waals surface area contributed by atoms with Gasteiger partial charge in [0, 0.05) is 11.6 Å². The van der Waals surface area contributed by atoms with Gasteiger partial charge in [0.1, 0.15) is 12.4 Å². The van der Waals surface area contributed by atoms with E-state index in [-0.39, 0.29) is 25.4 Å². The lowest BCUT2D eigenvalue weighted by Gasteiger charge is -2.29. The maximum Gasteiger partial charge on any atom is 0.528 e. The zero-order chi connectivity index (χ0) is 23.4. The SMILES string of the molecule is O=C(O)Cc1cc(Cl)cc(-c2ccc(F)c3c2CN(OC(=O)OCc2ccccc2)CC3)c1. The molecule has 0 saturated carbocycles. The summed E-state index contributed by atoms with van der Waals surface area (Å²) in [6, 6.07) is 17.3. The van der Waals surface area contributed by atoms with Crippen LogP contribution in [0, 0.1) is 5.82 Å². The molecule has 0 unspecified atom stereocenters. The van der Waals surface area contributed by atoms with Gasteiger partial charge in [-0.05, 0) is 58.0 Å². The molecule has 0 atom stereocenters. The lowest BCUT2D eigenvalue weighted by atomic mass is 9.90. The Morgan fingerprint density at radius 3 is 2.58 bits per heavy atom. The van der Waals surface area contributed by atoms with Gasteiger partial charge in [-0.2, -0.15) is 0 Å². The van der Waals surface area contributed by atoms with Crippen LogP contribution >= 0.6 is 11.6 Å². The highest BCUT2D eigenvalue weighted by atomic mass is 35.5. The Kier molecular flexibility index (Phi) is 6.91. The van der Waals surface area contributed by atoms with E-state index in [1.807, 2.05) is 30.3 Å². The van der Waals surface area contributed by atoms with E-state index in [0.29, 0.717) is 45.8 Å². The van der Waals surface area contributed by atoms with Gasteiger partial charge in [-0.15, -0.1) is 5.06 Å². The molecule has 0 radical (unpaired) electrons. The first kappa shape index (κ1) is 22.8. The summed E-state index contributed by atoms with van der Waals surface area (Å²) in [5.41, 5.74) is 3.93. The lowest BCUT2D eigenvalue weighted by molar-refractivity contribution is -0.139. The minimum atomic E-state index is -0.974. The monoisotopic (exact) mass is 469 g/mol. The Hall–Kier alpha value is -3.42. The van der Waals surface area contributed by atoms with Crippen molar-refractivity contribution in [2.45, 2.75) is 26.0 Å². The minimum absolute atomic E-state index is 0.0822. The molecule has 3 aromatic carbocycles. The average Bonchev–Trinajstić information content (AvgIpc) is 2.78. The van der Waals surface area contributed by atoms with Gasteiger partial charge < -0.3 is 14.7 Å². The first-order valence-corrected chi connectivity index (χ1v) is 10.7. The van der Waals surface area contributed by atoms with Gasteiger partial charge in [0.05, 0.1) is 13.0 Å². The first-order valence-electron chi connectivity index (χ1n) is 10.3. The molecule has 8 heteroatoms. The number of carboxylic acids is 1. The molecule has 33 heavy (non-hydrogen) atoms. The second-order valence-corrected chi connectivity index (χ2v) is 8.14. The number of carbonyl (C=O) groups excluding carboxylic acids is 1. The number of carboxylic acid groups (broad SMARTS) is 1. The number of nitrogens with zero attached hydrogens (tertiary/aromatic N) is 1. The van der Waals surface area contributed by atoms with Gasteiger partial charge in [-0.25, -0.2) is 9.18 Å². The van der Waals surface area contributed by atoms with Gasteiger partial charge in [0.2, 0.25) is 0 Å². The summed E-state index contributed by atoms with van der Waals surface area (Å²) in [4.78, 5) is 28.7.